The summed E-state index contributed by atoms with van der Waals surface area (Å²) in [6, 6.07) is 3.76. The SMILES string of the molecule is C=C(C)[C@@H]1CCC(C)=C[C@H]1c1c(O)cc(CCCCC)cc1O/C=C/S(C)(=O)=O. The van der Waals surface area contributed by atoms with Gasteiger partial charge in [-0.05, 0) is 63.1 Å². The lowest BCUT2D eigenvalue weighted by molar-refractivity contribution is 0.410. The average Bonchev–Trinajstić information content (AvgIpc) is 2.60. The second-order valence-corrected chi connectivity index (χ2v) is 10.2. The van der Waals surface area contributed by atoms with E-state index in [0.717, 1.165) is 61.3 Å². The molecule has 160 valence electrons. The molecule has 4 nitrogen and oxygen atoms in total. The van der Waals surface area contributed by atoms with Crippen LogP contribution in [0.1, 0.15) is 69.9 Å². The molecular formula is C24H34O4S. The molecule has 1 N–H and O–H groups in total. The van der Waals surface area contributed by atoms with Crippen LogP contribution in [0.25, 0.3) is 0 Å². The normalized spacial score (nSPS) is 19.9. The maximum Gasteiger partial charge on any atom is 0.171 e. The van der Waals surface area contributed by atoms with E-state index in [4.69, 9.17) is 4.74 Å². The van der Waals surface area contributed by atoms with Gasteiger partial charge in [0.15, 0.2) is 9.84 Å². The number of hydrogen-bond acceptors (Lipinski definition) is 4. The van der Waals surface area contributed by atoms with Crippen molar-refractivity contribution in [2.75, 3.05) is 6.26 Å². The summed E-state index contributed by atoms with van der Waals surface area (Å²) < 4.78 is 28.7. The molecule has 1 aromatic rings. The fourth-order valence-electron chi connectivity index (χ4n) is 3.93. The van der Waals surface area contributed by atoms with Gasteiger partial charge in [0.2, 0.25) is 0 Å². The molecule has 0 fully saturated rings. The Morgan fingerprint density at radius 2 is 2.07 bits per heavy atom. The predicted octanol–water partition coefficient (Wildman–Crippen LogP) is 6.04. The smallest absolute Gasteiger partial charge is 0.171 e. The maximum absolute atomic E-state index is 11.5. The van der Waals surface area contributed by atoms with Gasteiger partial charge in [0.25, 0.3) is 0 Å². The second kappa shape index (κ2) is 10.1. The van der Waals surface area contributed by atoms with Crippen LogP contribution in [0.15, 0.2) is 47.6 Å². The Kier molecular flexibility index (Phi) is 8.14. The zero-order chi connectivity index (χ0) is 21.6. The van der Waals surface area contributed by atoms with E-state index in [2.05, 4.69) is 26.5 Å². The molecule has 5 heteroatoms. The third-order valence-corrected chi connectivity index (χ3v) is 6.07. The van der Waals surface area contributed by atoms with Gasteiger partial charge in [0.05, 0.1) is 5.41 Å². The Bertz CT molecular complexity index is 894. The molecule has 0 heterocycles. The van der Waals surface area contributed by atoms with Gasteiger partial charge in [-0.25, -0.2) is 8.42 Å². The first-order valence-corrected chi connectivity index (χ1v) is 12.3. The van der Waals surface area contributed by atoms with E-state index < -0.39 is 9.84 Å². The number of hydrogen-bond donors (Lipinski definition) is 1. The Morgan fingerprint density at radius 3 is 2.69 bits per heavy atom. The summed E-state index contributed by atoms with van der Waals surface area (Å²) in [6.07, 6.45) is 10.6. The second-order valence-electron chi connectivity index (χ2n) is 8.23. The number of aryl methyl sites for hydroxylation is 1. The van der Waals surface area contributed by atoms with Crippen LogP contribution >= 0.6 is 0 Å². The van der Waals surface area contributed by atoms with Crippen molar-refractivity contribution in [2.45, 2.75) is 65.2 Å². The van der Waals surface area contributed by atoms with E-state index in [1.807, 2.05) is 19.1 Å². The third kappa shape index (κ3) is 6.77. The molecule has 2 rings (SSSR count). The fourth-order valence-corrected chi connectivity index (χ4v) is 4.19. The zero-order valence-corrected chi connectivity index (χ0v) is 18.9. The highest BCUT2D eigenvalue weighted by Gasteiger charge is 2.30. The zero-order valence-electron chi connectivity index (χ0n) is 18.1. The number of ether oxygens (including phenoxy) is 1. The van der Waals surface area contributed by atoms with Crippen LogP contribution in [0.4, 0.5) is 0 Å². The van der Waals surface area contributed by atoms with Crippen LogP contribution in [-0.4, -0.2) is 19.8 Å². The number of sulfone groups is 1. The van der Waals surface area contributed by atoms with Crippen molar-refractivity contribution in [2.24, 2.45) is 5.92 Å². The predicted molar refractivity (Wildman–Crippen MR) is 120 cm³/mol. The molecule has 0 spiro atoms. The summed E-state index contributed by atoms with van der Waals surface area (Å²) in [5.74, 6) is 0.868. The van der Waals surface area contributed by atoms with E-state index in [9.17, 15) is 13.5 Å². The Morgan fingerprint density at radius 1 is 1.34 bits per heavy atom. The van der Waals surface area contributed by atoms with E-state index in [1.165, 1.54) is 11.8 Å². The molecule has 0 aromatic heterocycles. The number of phenolic OH excluding ortho intramolecular Hbond substituents is 1. The molecule has 0 aliphatic heterocycles. The molecule has 1 aromatic carbocycles. The van der Waals surface area contributed by atoms with Crippen LogP contribution in [0, 0.1) is 5.92 Å². The first kappa shape index (κ1) is 23.3. The van der Waals surface area contributed by atoms with Crippen molar-refractivity contribution in [1.29, 1.82) is 0 Å². The maximum atomic E-state index is 11.5. The highest BCUT2D eigenvalue weighted by atomic mass is 32.2. The van der Waals surface area contributed by atoms with Crippen molar-refractivity contribution in [3.63, 3.8) is 0 Å². The fraction of sp³-hybridized carbons (Fsp3) is 0.500. The minimum Gasteiger partial charge on any atom is -0.507 e. The van der Waals surface area contributed by atoms with Crippen LogP contribution < -0.4 is 4.74 Å². The summed E-state index contributed by atoms with van der Waals surface area (Å²) >= 11 is 0. The molecule has 1 aliphatic rings. The number of aromatic hydroxyl groups is 1. The van der Waals surface area contributed by atoms with Crippen molar-refractivity contribution >= 4 is 9.84 Å². The monoisotopic (exact) mass is 418 g/mol. The standard InChI is InChI=1S/C24H34O4S/c1-6-7-8-9-19-15-22(25)24(23(16-19)28-12-13-29(5,26)27)21-14-18(4)10-11-20(21)17(2)3/h12-16,20-21,25H,2,6-11H2,1,3-5H3/b13-12+/t20-,21+/m0/s1. The molecule has 1 aliphatic carbocycles. The summed E-state index contributed by atoms with van der Waals surface area (Å²) in [5.41, 5.74) is 4.04. The lowest BCUT2D eigenvalue weighted by Crippen LogP contribution is -2.17. The highest BCUT2D eigenvalue weighted by molar-refractivity contribution is 7.93. The average molecular weight is 419 g/mol. The van der Waals surface area contributed by atoms with Gasteiger partial charge < -0.3 is 9.84 Å². The number of allylic oxidation sites excluding steroid dienone is 3. The van der Waals surface area contributed by atoms with Crippen molar-refractivity contribution < 1.29 is 18.3 Å². The number of unbranched alkanes of at least 4 members (excludes halogenated alkanes) is 2. The Balaban J connectivity index is 2.51. The molecule has 29 heavy (non-hydrogen) atoms. The summed E-state index contributed by atoms with van der Waals surface area (Å²) in [6.45, 7) is 10.4. The first-order valence-electron chi connectivity index (χ1n) is 10.3. The molecule has 0 saturated heterocycles. The van der Waals surface area contributed by atoms with E-state index in [-0.39, 0.29) is 17.6 Å². The minimum absolute atomic E-state index is 0.0485. The first-order chi connectivity index (χ1) is 13.6. The van der Waals surface area contributed by atoms with Crippen LogP contribution in [-0.2, 0) is 16.3 Å². The molecule has 0 unspecified atom stereocenters. The van der Waals surface area contributed by atoms with Crippen LogP contribution in [0.2, 0.25) is 0 Å². The van der Waals surface area contributed by atoms with E-state index in [1.54, 1.807) is 0 Å². The summed E-state index contributed by atoms with van der Waals surface area (Å²) in [7, 11) is -3.30. The molecule has 0 bridgehead atoms. The largest absolute Gasteiger partial charge is 0.507 e. The van der Waals surface area contributed by atoms with Gasteiger partial charge in [-0.15, -0.1) is 0 Å². The molecule has 0 saturated carbocycles. The van der Waals surface area contributed by atoms with Gasteiger partial charge in [-0.2, -0.15) is 0 Å². The number of phenols is 1. The molecule has 0 radical (unpaired) electrons. The van der Waals surface area contributed by atoms with Gasteiger partial charge in [0, 0.05) is 17.7 Å². The van der Waals surface area contributed by atoms with Gasteiger partial charge in [-0.1, -0.05) is 43.6 Å². The minimum atomic E-state index is -3.30. The highest BCUT2D eigenvalue weighted by Crippen LogP contribution is 2.47. The Hall–Kier alpha value is -2.01. The quantitative estimate of drug-likeness (QED) is 0.302. The van der Waals surface area contributed by atoms with E-state index >= 15 is 0 Å². The lowest BCUT2D eigenvalue weighted by Gasteiger charge is -2.32. The topological polar surface area (TPSA) is 63.6 Å². The van der Waals surface area contributed by atoms with Crippen LogP contribution in [0.5, 0.6) is 11.5 Å². The van der Waals surface area contributed by atoms with E-state index in [0.29, 0.717) is 11.3 Å². The summed E-state index contributed by atoms with van der Waals surface area (Å²) in [5, 5.41) is 12.0. The van der Waals surface area contributed by atoms with Gasteiger partial charge in [0.1, 0.15) is 17.8 Å². The number of rotatable bonds is 9. The van der Waals surface area contributed by atoms with Crippen molar-refractivity contribution in [3.8, 4) is 11.5 Å². The molecule has 2 atom stereocenters. The van der Waals surface area contributed by atoms with Gasteiger partial charge >= 0.3 is 0 Å². The Labute approximate surface area is 175 Å². The van der Waals surface area contributed by atoms with Crippen LogP contribution in [0.3, 0.4) is 0 Å². The summed E-state index contributed by atoms with van der Waals surface area (Å²) in [4.78, 5) is 0. The molecule has 0 amide bonds. The van der Waals surface area contributed by atoms with Crippen molar-refractivity contribution in [1.82, 2.24) is 0 Å². The lowest BCUT2D eigenvalue weighted by atomic mass is 9.73. The molecular weight excluding hydrogens is 384 g/mol. The van der Waals surface area contributed by atoms with Crippen molar-refractivity contribution in [3.05, 3.63) is 58.7 Å². The number of benzene rings is 1. The third-order valence-electron chi connectivity index (χ3n) is 5.46. The van der Waals surface area contributed by atoms with Gasteiger partial charge in [-0.3, -0.25) is 0 Å².